The SMILES string of the molecule is CCCOCCc1nc2c(N)nc3ccccc3c2n1CC(C)(C)O. The molecule has 3 N–H and O–H groups in total. The van der Waals surface area contributed by atoms with Crippen LogP contribution in [0, 0.1) is 0 Å². The lowest BCUT2D eigenvalue weighted by Crippen LogP contribution is -2.27. The Balaban J connectivity index is 2.16. The second-order valence-corrected chi connectivity index (χ2v) is 7.00. The molecule has 0 aliphatic rings. The highest BCUT2D eigenvalue weighted by Gasteiger charge is 2.22. The largest absolute Gasteiger partial charge is 0.389 e. The van der Waals surface area contributed by atoms with Crippen molar-refractivity contribution >= 4 is 27.8 Å². The molecular weight excluding hydrogens is 316 g/mol. The van der Waals surface area contributed by atoms with Gasteiger partial charge in [-0.2, -0.15) is 0 Å². The van der Waals surface area contributed by atoms with E-state index in [-0.39, 0.29) is 0 Å². The summed E-state index contributed by atoms with van der Waals surface area (Å²) in [6.45, 7) is 7.43. The minimum Gasteiger partial charge on any atom is -0.389 e. The van der Waals surface area contributed by atoms with Gasteiger partial charge >= 0.3 is 0 Å². The Kier molecular flexibility index (Phi) is 4.92. The number of aliphatic hydroxyl groups is 1. The van der Waals surface area contributed by atoms with Gasteiger partial charge in [-0.15, -0.1) is 0 Å². The fourth-order valence-electron chi connectivity index (χ4n) is 3.06. The number of imidazole rings is 1. The molecule has 0 atom stereocenters. The third-order valence-corrected chi connectivity index (χ3v) is 4.05. The van der Waals surface area contributed by atoms with Gasteiger partial charge in [0.05, 0.1) is 29.8 Å². The van der Waals surface area contributed by atoms with E-state index in [0.29, 0.717) is 30.9 Å². The topological polar surface area (TPSA) is 86.2 Å². The number of nitrogens with zero attached hydrogens (tertiary/aromatic N) is 3. The summed E-state index contributed by atoms with van der Waals surface area (Å²) in [6, 6.07) is 7.88. The fourth-order valence-corrected chi connectivity index (χ4v) is 3.06. The predicted molar refractivity (Wildman–Crippen MR) is 101 cm³/mol. The highest BCUT2D eigenvalue weighted by Crippen LogP contribution is 2.30. The zero-order chi connectivity index (χ0) is 18.0. The number of anilines is 1. The molecule has 0 radical (unpaired) electrons. The Labute approximate surface area is 147 Å². The van der Waals surface area contributed by atoms with Crippen molar-refractivity contribution in [1.29, 1.82) is 0 Å². The third kappa shape index (κ3) is 3.75. The van der Waals surface area contributed by atoms with Gasteiger partial charge in [-0.25, -0.2) is 9.97 Å². The molecule has 0 fully saturated rings. The van der Waals surface area contributed by atoms with E-state index in [2.05, 4.69) is 16.5 Å². The van der Waals surface area contributed by atoms with Crippen molar-refractivity contribution < 1.29 is 9.84 Å². The molecule has 3 aromatic rings. The molecule has 0 amide bonds. The molecule has 6 nitrogen and oxygen atoms in total. The minimum absolute atomic E-state index is 0.416. The first kappa shape index (κ1) is 17.6. The Morgan fingerprint density at radius 2 is 1.96 bits per heavy atom. The number of hydrogen-bond acceptors (Lipinski definition) is 5. The molecular formula is C19H26N4O2. The number of rotatable bonds is 7. The summed E-state index contributed by atoms with van der Waals surface area (Å²) in [7, 11) is 0. The zero-order valence-corrected chi connectivity index (χ0v) is 15.1. The molecule has 0 aliphatic carbocycles. The normalized spacial score (nSPS) is 12.3. The molecule has 0 aliphatic heterocycles. The number of nitrogens with two attached hydrogens (primary N) is 1. The lowest BCUT2D eigenvalue weighted by molar-refractivity contribution is 0.0611. The van der Waals surface area contributed by atoms with Crippen molar-refractivity contribution in [3.05, 3.63) is 30.1 Å². The second-order valence-electron chi connectivity index (χ2n) is 7.00. The van der Waals surface area contributed by atoms with Gasteiger partial charge in [-0.3, -0.25) is 0 Å². The molecule has 0 spiro atoms. The Hall–Kier alpha value is -2.18. The summed E-state index contributed by atoms with van der Waals surface area (Å²) in [5.74, 6) is 1.28. The van der Waals surface area contributed by atoms with Crippen molar-refractivity contribution in [2.45, 2.75) is 45.8 Å². The highest BCUT2D eigenvalue weighted by molar-refractivity contribution is 6.06. The number of hydrogen-bond donors (Lipinski definition) is 2. The molecule has 25 heavy (non-hydrogen) atoms. The van der Waals surface area contributed by atoms with Crippen LogP contribution in [0.15, 0.2) is 24.3 Å². The number of fused-ring (bicyclic) bond motifs is 3. The quantitative estimate of drug-likeness (QED) is 0.645. The van der Waals surface area contributed by atoms with Crippen LogP contribution in [0.2, 0.25) is 0 Å². The van der Waals surface area contributed by atoms with Crippen molar-refractivity contribution in [1.82, 2.24) is 14.5 Å². The molecule has 3 rings (SSSR count). The van der Waals surface area contributed by atoms with Crippen molar-refractivity contribution in [2.24, 2.45) is 0 Å². The van der Waals surface area contributed by atoms with Crippen LogP contribution < -0.4 is 5.73 Å². The van der Waals surface area contributed by atoms with E-state index in [0.717, 1.165) is 35.3 Å². The summed E-state index contributed by atoms with van der Waals surface area (Å²) < 4.78 is 7.68. The molecule has 2 aromatic heterocycles. The van der Waals surface area contributed by atoms with E-state index < -0.39 is 5.60 Å². The standard InChI is InChI=1S/C19H26N4O2/c1-4-10-25-11-9-15-22-16-17(23(15)12-19(2,3)24)13-7-5-6-8-14(13)21-18(16)20/h5-8,24H,4,9-12H2,1-3H3,(H2,20,21). The van der Waals surface area contributed by atoms with Gasteiger partial charge in [0.1, 0.15) is 11.3 Å². The first-order valence-electron chi connectivity index (χ1n) is 8.74. The van der Waals surface area contributed by atoms with Crippen molar-refractivity contribution in [3.63, 3.8) is 0 Å². The predicted octanol–water partition coefficient (Wildman–Crippen LogP) is 2.91. The molecule has 0 saturated carbocycles. The van der Waals surface area contributed by atoms with Crippen LogP contribution in [0.1, 0.15) is 33.0 Å². The van der Waals surface area contributed by atoms with Gasteiger partial charge in [0.2, 0.25) is 0 Å². The van der Waals surface area contributed by atoms with Gasteiger partial charge in [-0.05, 0) is 26.3 Å². The van der Waals surface area contributed by atoms with Gasteiger partial charge in [0.25, 0.3) is 0 Å². The van der Waals surface area contributed by atoms with Crippen LogP contribution in [0.5, 0.6) is 0 Å². The van der Waals surface area contributed by atoms with Crippen LogP contribution in [-0.2, 0) is 17.7 Å². The van der Waals surface area contributed by atoms with Gasteiger partial charge < -0.3 is 20.1 Å². The monoisotopic (exact) mass is 342 g/mol. The average molecular weight is 342 g/mol. The summed E-state index contributed by atoms with van der Waals surface area (Å²) in [6.07, 6.45) is 1.65. The maximum Gasteiger partial charge on any atom is 0.152 e. The van der Waals surface area contributed by atoms with Gasteiger partial charge in [0, 0.05) is 18.4 Å². The molecule has 0 saturated heterocycles. The first-order chi connectivity index (χ1) is 11.9. The maximum absolute atomic E-state index is 10.4. The number of nitrogen functional groups attached to an aromatic ring is 1. The number of para-hydroxylation sites is 1. The minimum atomic E-state index is -0.869. The van der Waals surface area contributed by atoms with Gasteiger partial charge in [-0.1, -0.05) is 25.1 Å². The molecule has 0 bridgehead atoms. The average Bonchev–Trinajstić information content (AvgIpc) is 2.89. The smallest absolute Gasteiger partial charge is 0.152 e. The van der Waals surface area contributed by atoms with Crippen LogP contribution in [0.3, 0.4) is 0 Å². The molecule has 2 heterocycles. The Morgan fingerprint density at radius 1 is 1.20 bits per heavy atom. The Morgan fingerprint density at radius 3 is 2.68 bits per heavy atom. The lowest BCUT2D eigenvalue weighted by atomic mass is 10.1. The maximum atomic E-state index is 10.4. The highest BCUT2D eigenvalue weighted by atomic mass is 16.5. The van der Waals surface area contributed by atoms with Crippen LogP contribution >= 0.6 is 0 Å². The zero-order valence-electron chi connectivity index (χ0n) is 15.1. The van der Waals surface area contributed by atoms with Crippen LogP contribution in [0.25, 0.3) is 21.9 Å². The molecule has 0 unspecified atom stereocenters. The molecule has 1 aromatic carbocycles. The molecule has 134 valence electrons. The van der Waals surface area contributed by atoms with E-state index in [4.69, 9.17) is 15.5 Å². The van der Waals surface area contributed by atoms with E-state index in [9.17, 15) is 5.11 Å². The summed E-state index contributed by atoms with van der Waals surface area (Å²) in [4.78, 5) is 9.20. The first-order valence-corrected chi connectivity index (χ1v) is 8.74. The van der Waals surface area contributed by atoms with E-state index in [1.165, 1.54) is 0 Å². The number of aromatic nitrogens is 3. The van der Waals surface area contributed by atoms with E-state index in [1.54, 1.807) is 13.8 Å². The Bertz CT molecular complexity index is 880. The van der Waals surface area contributed by atoms with Crippen molar-refractivity contribution in [2.75, 3.05) is 18.9 Å². The lowest BCUT2D eigenvalue weighted by Gasteiger charge is -2.20. The van der Waals surface area contributed by atoms with Crippen LogP contribution in [0.4, 0.5) is 5.82 Å². The number of ether oxygens (including phenoxy) is 1. The fraction of sp³-hybridized carbons (Fsp3) is 0.474. The molecule has 6 heteroatoms. The summed E-state index contributed by atoms with van der Waals surface area (Å²) >= 11 is 0. The van der Waals surface area contributed by atoms with Crippen molar-refractivity contribution in [3.8, 4) is 0 Å². The third-order valence-electron chi connectivity index (χ3n) is 4.05. The summed E-state index contributed by atoms with van der Waals surface area (Å²) in [5.41, 5.74) is 7.74. The van der Waals surface area contributed by atoms with E-state index in [1.807, 2.05) is 24.3 Å². The van der Waals surface area contributed by atoms with Gasteiger partial charge in [0.15, 0.2) is 5.82 Å². The van der Waals surface area contributed by atoms with E-state index >= 15 is 0 Å². The van der Waals surface area contributed by atoms with Crippen LogP contribution in [-0.4, -0.2) is 38.5 Å². The number of pyridine rings is 1. The second kappa shape index (κ2) is 6.98. The summed E-state index contributed by atoms with van der Waals surface area (Å²) in [5, 5.41) is 11.4. The number of benzene rings is 1.